The second-order valence-corrected chi connectivity index (χ2v) is 7.69. The highest BCUT2D eigenvalue weighted by atomic mass is 15.1. The van der Waals surface area contributed by atoms with E-state index < -0.39 is 0 Å². The molecule has 2 aliphatic heterocycles. The minimum atomic E-state index is 0.835. The molecule has 0 aromatic heterocycles. The van der Waals surface area contributed by atoms with Gasteiger partial charge < -0.3 is 9.80 Å². The zero-order valence-corrected chi connectivity index (χ0v) is 13.7. The lowest BCUT2D eigenvalue weighted by Gasteiger charge is -2.40. The maximum atomic E-state index is 2.63. The van der Waals surface area contributed by atoms with Crippen molar-refractivity contribution in [3.05, 3.63) is 0 Å². The molecule has 0 aromatic rings. The molecule has 3 unspecified atom stereocenters. The largest absolute Gasteiger partial charge is 0.306 e. The highest BCUT2D eigenvalue weighted by molar-refractivity contribution is 4.85. The zero-order chi connectivity index (χ0) is 14.0. The van der Waals surface area contributed by atoms with Crippen molar-refractivity contribution in [3.8, 4) is 0 Å². The number of nitrogens with zero attached hydrogens (tertiary/aromatic N) is 2. The first-order chi connectivity index (χ1) is 8.97. The Morgan fingerprint density at radius 1 is 1.00 bits per heavy atom. The lowest BCUT2D eigenvalue weighted by Crippen LogP contribution is -2.42. The Morgan fingerprint density at radius 2 is 1.68 bits per heavy atom. The van der Waals surface area contributed by atoms with Gasteiger partial charge in [0.15, 0.2) is 0 Å². The van der Waals surface area contributed by atoms with Crippen LogP contribution in [0, 0.1) is 23.7 Å². The highest BCUT2D eigenvalue weighted by Crippen LogP contribution is 2.34. The molecule has 0 radical (unpaired) electrons. The Kier molecular flexibility index (Phi) is 5.30. The Hall–Kier alpha value is -0.0800. The van der Waals surface area contributed by atoms with Crippen LogP contribution in [0.1, 0.15) is 46.5 Å². The van der Waals surface area contributed by atoms with Crippen molar-refractivity contribution in [2.75, 3.05) is 33.7 Å². The number of rotatable bonds is 4. The number of likely N-dealkylation sites (tertiary alicyclic amines) is 2. The van der Waals surface area contributed by atoms with E-state index in [0.29, 0.717) is 0 Å². The fourth-order valence-corrected chi connectivity index (χ4v) is 4.14. The van der Waals surface area contributed by atoms with Crippen molar-refractivity contribution in [3.63, 3.8) is 0 Å². The fourth-order valence-electron chi connectivity index (χ4n) is 4.14. The molecule has 112 valence electrons. The minimum Gasteiger partial charge on any atom is -0.306 e. The van der Waals surface area contributed by atoms with Gasteiger partial charge in [-0.3, -0.25) is 0 Å². The maximum absolute atomic E-state index is 2.63. The highest BCUT2D eigenvalue weighted by Gasteiger charge is 2.32. The van der Waals surface area contributed by atoms with Crippen molar-refractivity contribution in [2.24, 2.45) is 23.7 Å². The summed E-state index contributed by atoms with van der Waals surface area (Å²) >= 11 is 0. The van der Waals surface area contributed by atoms with Crippen LogP contribution in [0.25, 0.3) is 0 Å². The quantitative estimate of drug-likeness (QED) is 0.770. The maximum Gasteiger partial charge on any atom is 0.00976 e. The molecule has 0 aromatic carbocycles. The van der Waals surface area contributed by atoms with Gasteiger partial charge in [0.25, 0.3) is 0 Å². The van der Waals surface area contributed by atoms with Crippen molar-refractivity contribution in [1.29, 1.82) is 0 Å². The van der Waals surface area contributed by atoms with E-state index in [4.69, 9.17) is 0 Å². The average Bonchev–Trinajstić information content (AvgIpc) is 2.78. The SMILES string of the molecule is CC(C)C1CCN(C)C(C[C@H](C)C2CCN(C)C2)C1. The molecule has 19 heavy (non-hydrogen) atoms. The average molecular weight is 266 g/mol. The van der Waals surface area contributed by atoms with Crippen molar-refractivity contribution in [1.82, 2.24) is 9.80 Å². The molecule has 0 bridgehead atoms. The van der Waals surface area contributed by atoms with Gasteiger partial charge in [0.05, 0.1) is 0 Å². The Balaban J connectivity index is 1.85. The molecule has 0 N–H and O–H groups in total. The molecular formula is C17H34N2. The smallest absolute Gasteiger partial charge is 0.00976 e. The predicted molar refractivity (Wildman–Crippen MR) is 83.4 cm³/mol. The van der Waals surface area contributed by atoms with Crippen LogP contribution in [0.4, 0.5) is 0 Å². The van der Waals surface area contributed by atoms with E-state index in [2.05, 4.69) is 44.7 Å². The Labute approximate surface area is 120 Å². The Bertz CT molecular complexity index is 276. The van der Waals surface area contributed by atoms with Gasteiger partial charge in [-0.25, -0.2) is 0 Å². The number of piperidine rings is 1. The van der Waals surface area contributed by atoms with Gasteiger partial charge in [0.1, 0.15) is 0 Å². The number of hydrogen-bond donors (Lipinski definition) is 0. The lowest BCUT2D eigenvalue weighted by atomic mass is 9.78. The lowest BCUT2D eigenvalue weighted by molar-refractivity contribution is 0.0937. The molecule has 2 nitrogen and oxygen atoms in total. The summed E-state index contributed by atoms with van der Waals surface area (Å²) in [6.07, 6.45) is 5.67. The predicted octanol–water partition coefficient (Wildman–Crippen LogP) is 3.33. The third-order valence-electron chi connectivity index (χ3n) is 5.87. The van der Waals surface area contributed by atoms with Crippen LogP contribution < -0.4 is 0 Å². The van der Waals surface area contributed by atoms with Gasteiger partial charge in [-0.05, 0) is 76.5 Å². The molecule has 2 fully saturated rings. The first kappa shape index (κ1) is 15.3. The topological polar surface area (TPSA) is 6.48 Å². The first-order valence-electron chi connectivity index (χ1n) is 8.36. The summed E-state index contributed by atoms with van der Waals surface area (Å²) in [5.41, 5.74) is 0. The molecule has 2 saturated heterocycles. The third-order valence-corrected chi connectivity index (χ3v) is 5.87. The Morgan fingerprint density at radius 3 is 2.26 bits per heavy atom. The van der Waals surface area contributed by atoms with E-state index in [1.807, 2.05) is 0 Å². The van der Waals surface area contributed by atoms with Crippen LogP contribution in [-0.4, -0.2) is 49.6 Å². The molecule has 2 heterocycles. The van der Waals surface area contributed by atoms with Crippen LogP contribution in [0.2, 0.25) is 0 Å². The zero-order valence-electron chi connectivity index (χ0n) is 13.7. The van der Waals surface area contributed by atoms with Crippen LogP contribution >= 0.6 is 0 Å². The summed E-state index contributed by atoms with van der Waals surface area (Å²) in [6.45, 7) is 11.3. The van der Waals surface area contributed by atoms with Gasteiger partial charge in [-0.1, -0.05) is 20.8 Å². The van der Waals surface area contributed by atoms with E-state index in [1.54, 1.807) is 0 Å². The molecule has 0 aliphatic carbocycles. The summed E-state index contributed by atoms with van der Waals surface area (Å²) in [6, 6.07) is 0.835. The van der Waals surface area contributed by atoms with E-state index >= 15 is 0 Å². The van der Waals surface area contributed by atoms with E-state index in [-0.39, 0.29) is 0 Å². The van der Waals surface area contributed by atoms with Gasteiger partial charge >= 0.3 is 0 Å². The van der Waals surface area contributed by atoms with Gasteiger partial charge in [0.2, 0.25) is 0 Å². The molecule has 2 aliphatic rings. The molecule has 2 rings (SSSR count). The van der Waals surface area contributed by atoms with Crippen LogP contribution in [-0.2, 0) is 0 Å². The van der Waals surface area contributed by atoms with Crippen molar-refractivity contribution in [2.45, 2.75) is 52.5 Å². The van der Waals surface area contributed by atoms with Crippen LogP contribution in [0.15, 0.2) is 0 Å². The van der Waals surface area contributed by atoms with Crippen LogP contribution in [0.3, 0.4) is 0 Å². The first-order valence-corrected chi connectivity index (χ1v) is 8.36. The second kappa shape index (κ2) is 6.58. The summed E-state index contributed by atoms with van der Waals surface area (Å²) in [5, 5.41) is 0. The number of hydrogen-bond acceptors (Lipinski definition) is 2. The van der Waals surface area contributed by atoms with E-state index in [9.17, 15) is 0 Å². The molecule has 2 heteroatoms. The summed E-state index contributed by atoms with van der Waals surface area (Å²) in [7, 11) is 4.61. The minimum absolute atomic E-state index is 0.835. The van der Waals surface area contributed by atoms with Crippen molar-refractivity contribution >= 4 is 0 Å². The van der Waals surface area contributed by atoms with Crippen molar-refractivity contribution < 1.29 is 0 Å². The molecule has 0 amide bonds. The molecular weight excluding hydrogens is 232 g/mol. The normalized spacial score (nSPS) is 36.0. The monoisotopic (exact) mass is 266 g/mol. The van der Waals surface area contributed by atoms with E-state index in [0.717, 1.165) is 29.7 Å². The molecule has 0 spiro atoms. The third kappa shape index (κ3) is 3.95. The van der Waals surface area contributed by atoms with Gasteiger partial charge in [0, 0.05) is 12.6 Å². The molecule has 0 saturated carbocycles. The van der Waals surface area contributed by atoms with Gasteiger partial charge in [-0.2, -0.15) is 0 Å². The summed E-state index contributed by atoms with van der Waals surface area (Å²) in [5.74, 6) is 3.66. The van der Waals surface area contributed by atoms with Gasteiger partial charge in [-0.15, -0.1) is 0 Å². The second-order valence-electron chi connectivity index (χ2n) is 7.69. The molecule has 4 atom stereocenters. The summed E-state index contributed by atoms with van der Waals surface area (Å²) in [4.78, 5) is 5.14. The van der Waals surface area contributed by atoms with E-state index in [1.165, 1.54) is 45.3 Å². The van der Waals surface area contributed by atoms with Crippen LogP contribution in [0.5, 0.6) is 0 Å². The summed E-state index contributed by atoms with van der Waals surface area (Å²) < 4.78 is 0. The fraction of sp³-hybridized carbons (Fsp3) is 1.00. The standard InChI is InChI=1S/C17H34N2/c1-13(2)15-7-9-19(5)17(11-15)10-14(3)16-6-8-18(4)12-16/h13-17H,6-12H2,1-5H3/t14-,15?,16?,17?/m0/s1.